The summed E-state index contributed by atoms with van der Waals surface area (Å²) in [5, 5.41) is 10.1. The van der Waals surface area contributed by atoms with Crippen LogP contribution in [0.3, 0.4) is 0 Å². The summed E-state index contributed by atoms with van der Waals surface area (Å²) in [4.78, 5) is 0. The van der Waals surface area contributed by atoms with Crippen molar-refractivity contribution in [3.05, 3.63) is 28.3 Å². The summed E-state index contributed by atoms with van der Waals surface area (Å²) in [5.41, 5.74) is 2.49. The number of fused-ring (bicyclic) bond motifs is 1. The third-order valence-electron chi connectivity index (χ3n) is 3.15. The van der Waals surface area contributed by atoms with Crippen LogP contribution < -0.4 is 0 Å². The van der Waals surface area contributed by atoms with Crippen LogP contribution in [0, 0.1) is 5.92 Å². The predicted octanol–water partition coefficient (Wildman–Crippen LogP) is 3.73. The maximum Gasteiger partial charge on any atom is 0.134 e. The van der Waals surface area contributed by atoms with E-state index in [0.29, 0.717) is 16.9 Å². The first kappa shape index (κ1) is 9.85. The average Bonchev–Trinajstić information content (AvgIpc) is 2.55. The highest BCUT2D eigenvalue weighted by Gasteiger charge is 2.28. The Morgan fingerprint density at radius 2 is 2.14 bits per heavy atom. The maximum atomic E-state index is 9.55. The number of aromatic hydroxyl groups is 1. The molecular formula is C12H15ClO. The Morgan fingerprint density at radius 1 is 1.43 bits per heavy atom. The monoisotopic (exact) mass is 210 g/mol. The molecule has 1 aromatic rings. The summed E-state index contributed by atoms with van der Waals surface area (Å²) >= 11 is 6.13. The third kappa shape index (κ3) is 1.40. The van der Waals surface area contributed by atoms with E-state index in [9.17, 15) is 5.11 Å². The molecule has 0 aliphatic heterocycles. The molecule has 76 valence electrons. The van der Waals surface area contributed by atoms with Crippen LogP contribution in [0.25, 0.3) is 0 Å². The number of phenolic OH excluding ortho intramolecular Hbond substituents is 1. The topological polar surface area (TPSA) is 20.2 Å². The fourth-order valence-corrected chi connectivity index (χ4v) is 2.69. The van der Waals surface area contributed by atoms with Crippen LogP contribution >= 0.6 is 11.6 Å². The van der Waals surface area contributed by atoms with Crippen molar-refractivity contribution in [2.24, 2.45) is 5.92 Å². The Labute approximate surface area is 89.7 Å². The van der Waals surface area contributed by atoms with Crippen molar-refractivity contribution in [2.75, 3.05) is 0 Å². The van der Waals surface area contributed by atoms with Gasteiger partial charge in [0.1, 0.15) is 5.75 Å². The molecule has 1 N–H and O–H groups in total. The van der Waals surface area contributed by atoms with Gasteiger partial charge in [0.2, 0.25) is 0 Å². The van der Waals surface area contributed by atoms with Gasteiger partial charge in [-0.05, 0) is 41.9 Å². The lowest BCUT2D eigenvalue weighted by Crippen LogP contribution is -2.02. The normalized spacial score (nSPS) is 20.1. The molecule has 0 fully saturated rings. The van der Waals surface area contributed by atoms with Crippen molar-refractivity contribution in [3.63, 3.8) is 0 Å². The van der Waals surface area contributed by atoms with Crippen molar-refractivity contribution in [1.29, 1.82) is 0 Å². The minimum Gasteiger partial charge on any atom is -0.506 e. The lowest BCUT2D eigenvalue weighted by Gasteiger charge is -2.17. The van der Waals surface area contributed by atoms with Gasteiger partial charge in [-0.3, -0.25) is 0 Å². The van der Waals surface area contributed by atoms with E-state index in [0.717, 1.165) is 12.8 Å². The zero-order valence-corrected chi connectivity index (χ0v) is 9.30. The van der Waals surface area contributed by atoms with Gasteiger partial charge >= 0.3 is 0 Å². The van der Waals surface area contributed by atoms with E-state index in [2.05, 4.69) is 13.8 Å². The zero-order valence-electron chi connectivity index (χ0n) is 8.55. The van der Waals surface area contributed by atoms with Crippen molar-refractivity contribution < 1.29 is 5.11 Å². The van der Waals surface area contributed by atoms with Gasteiger partial charge in [-0.25, -0.2) is 0 Å². The van der Waals surface area contributed by atoms with Crippen molar-refractivity contribution in [2.45, 2.75) is 32.6 Å². The van der Waals surface area contributed by atoms with Crippen LogP contribution in [0.5, 0.6) is 5.75 Å². The lowest BCUT2D eigenvalue weighted by molar-refractivity contribution is 0.468. The molecular weight excluding hydrogens is 196 g/mol. The van der Waals surface area contributed by atoms with Gasteiger partial charge in [-0.15, -0.1) is 0 Å². The van der Waals surface area contributed by atoms with Crippen molar-refractivity contribution in [1.82, 2.24) is 0 Å². The molecule has 0 saturated carbocycles. The van der Waals surface area contributed by atoms with Crippen LogP contribution in [0.2, 0.25) is 5.02 Å². The van der Waals surface area contributed by atoms with Gasteiger partial charge in [-0.2, -0.15) is 0 Å². The van der Waals surface area contributed by atoms with Gasteiger partial charge in [0, 0.05) is 0 Å². The Bertz CT molecular complexity index is 358. The van der Waals surface area contributed by atoms with Gasteiger partial charge < -0.3 is 5.11 Å². The van der Waals surface area contributed by atoms with Gasteiger partial charge in [0.05, 0.1) is 5.02 Å². The van der Waals surface area contributed by atoms with Crippen LogP contribution in [-0.4, -0.2) is 5.11 Å². The molecule has 2 rings (SSSR count). The third-order valence-corrected chi connectivity index (χ3v) is 3.55. The second-order valence-corrected chi connectivity index (χ2v) is 4.74. The maximum absolute atomic E-state index is 9.55. The number of phenols is 1. The number of hydrogen-bond donors (Lipinski definition) is 1. The van der Waals surface area contributed by atoms with Crippen molar-refractivity contribution in [3.8, 4) is 5.75 Å². The first-order valence-corrected chi connectivity index (χ1v) is 5.49. The van der Waals surface area contributed by atoms with Gasteiger partial charge in [0.15, 0.2) is 0 Å². The van der Waals surface area contributed by atoms with Crippen LogP contribution in [0.4, 0.5) is 0 Å². The summed E-state index contributed by atoms with van der Waals surface area (Å²) in [5.74, 6) is 1.33. The molecule has 1 atom stereocenters. The summed E-state index contributed by atoms with van der Waals surface area (Å²) in [6.45, 7) is 4.42. The number of rotatable bonds is 1. The van der Waals surface area contributed by atoms with E-state index in [1.165, 1.54) is 11.1 Å². The molecule has 0 bridgehead atoms. The highest BCUT2D eigenvalue weighted by molar-refractivity contribution is 6.33. The van der Waals surface area contributed by atoms with Crippen molar-refractivity contribution >= 4 is 11.6 Å². The molecule has 0 saturated heterocycles. The molecule has 0 aromatic heterocycles. The van der Waals surface area contributed by atoms with Gasteiger partial charge in [0.25, 0.3) is 0 Å². The number of halogens is 1. The van der Waals surface area contributed by atoms with Crippen LogP contribution in [0.15, 0.2) is 12.1 Å². The highest BCUT2D eigenvalue weighted by Crippen LogP contribution is 2.44. The summed E-state index contributed by atoms with van der Waals surface area (Å²) in [6, 6.07) is 3.70. The van der Waals surface area contributed by atoms with E-state index >= 15 is 0 Å². The second-order valence-electron chi connectivity index (χ2n) is 4.36. The van der Waals surface area contributed by atoms with E-state index in [4.69, 9.17) is 11.6 Å². The Hall–Kier alpha value is -0.690. The largest absolute Gasteiger partial charge is 0.506 e. The Kier molecular flexibility index (Phi) is 2.44. The zero-order chi connectivity index (χ0) is 10.3. The number of benzene rings is 1. The smallest absolute Gasteiger partial charge is 0.134 e. The molecule has 1 aliphatic rings. The molecule has 1 unspecified atom stereocenters. The first-order chi connectivity index (χ1) is 6.61. The van der Waals surface area contributed by atoms with E-state index in [1.807, 2.05) is 6.07 Å². The summed E-state index contributed by atoms with van der Waals surface area (Å²) in [6.07, 6.45) is 2.26. The predicted molar refractivity (Wildman–Crippen MR) is 59.0 cm³/mol. The molecule has 1 aliphatic carbocycles. The van der Waals surface area contributed by atoms with E-state index in [-0.39, 0.29) is 5.75 Å². The minimum atomic E-state index is 0.220. The molecule has 2 heteroatoms. The molecule has 1 nitrogen and oxygen atoms in total. The second kappa shape index (κ2) is 3.47. The quantitative estimate of drug-likeness (QED) is 0.749. The number of hydrogen-bond acceptors (Lipinski definition) is 1. The Balaban J connectivity index is 2.52. The number of aryl methyl sites for hydroxylation is 1. The van der Waals surface area contributed by atoms with Crippen LogP contribution in [0.1, 0.15) is 37.3 Å². The summed E-state index contributed by atoms with van der Waals surface area (Å²) < 4.78 is 0. The Morgan fingerprint density at radius 3 is 2.79 bits per heavy atom. The van der Waals surface area contributed by atoms with Gasteiger partial charge in [-0.1, -0.05) is 31.5 Å². The van der Waals surface area contributed by atoms with E-state index < -0.39 is 0 Å². The van der Waals surface area contributed by atoms with E-state index in [1.54, 1.807) is 6.07 Å². The molecule has 0 radical (unpaired) electrons. The molecule has 14 heavy (non-hydrogen) atoms. The fraction of sp³-hybridized carbons (Fsp3) is 0.500. The molecule has 0 spiro atoms. The first-order valence-electron chi connectivity index (χ1n) is 5.11. The van der Waals surface area contributed by atoms with Crippen LogP contribution in [-0.2, 0) is 6.42 Å². The molecule has 0 heterocycles. The molecule has 1 aromatic carbocycles. The average molecular weight is 211 g/mol. The molecule has 0 amide bonds. The SMILES string of the molecule is CC(C)C1CCc2ccc(O)c(Cl)c21. The minimum absolute atomic E-state index is 0.220. The highest BCUT2D eigenvalue weighted by atomic mass is 35.5. The standard InChI is InChI=1S/C12H15ClO/c1-7(2)9-5-3-8-4-6-10(14)12(13)11(8)9/h4,6-7,9,14H,3,5H2,1-2H3. The lowest BCUT2D eigenvalue weighted by atomic mass is 9.90. The summed E-state index contributed by atoms with van der Waals surface area (Å²) in [7, 11) is 0. The fourth-order valence-electron chi connectivity index (χ4n) is 2.36.